The Hall–Kier alpha value is -1.22. The van der Waals surface area contributed by atoms with Crippen LogP contribution in [0.25, 0.3) is 0 Å². The van der Waals surface area contributed by atoms with Gasteiger partial charge in [0.05, 0.1) is 0 Å². The maximum Gasteiger partial charge on any atom is 0.188 e. The van der Waals surface area contributed by atoms with E-state index in [1.54, 1.807) is 0 Å². The minimum atomic E-state index is 0.530. The van der Waals surface area contributed by atoms with Crippen LogP contribution in [0.1, 0.15) is 25.8 Å². The van der Waals surface area contributed by atoms with Crippen LogP contribution in [0, 0.1) is 5.92 Å². The third-order valence-corrected chi connectivity index (χ3v) is 2.88. The molecular weight excluding hydrogens is 246 g/mol. The van der Waals surface area contributed by atoms with Crippen molar-refractivity contribution in [1.29, 1.82) is 0 Å². The molecule has 100 valence electrons. The van der Waals surface area contributed by atoms with E-state index < -0.39 is 0 Å². The van der Waals surface area contributed by atoms with Crippen LogP contribution < -0.4 is 11.1 Å². The second-order valence-corrected chi connectivity index (χ2v) is 5.15. The predicted octanol–water partition coefficient (Wildman–Crippen LogP) is 2.83. The quantitative estimate of drug-likeness (QED) is 0.473. The molecule has 0 saturated heterocycles. The molecule has 0 aromatic heterocycles. The van der Waals surface area contributed by atoms with Gasteiger partial charge in [-0.2, -0.15) is 0 Å². The van der Waals surface area contributed by atoms with Crippen molar-refractivity contribution in [3.63, 3.8) is 0 Å². The van der Waals surface area contributed by atoms with Gasteiger partial charge in [0.2, 0.25) is 0 Å². The van der Waals surface area contributed by atoms with Crippen LogP contribution in [0.5, 0.6) is 0 Å². The van der Waals surface area contributed by atoms with Crippen LogP contribution in [0.4, 0.5) is 0 Å². The minimum Gasteiger partial charge on any atom is -0.370 e. The van der Waals surface area contributed by atoms with E-state index in [-0.39, 0.29) is 0 Å². The SMILES string of the molecule is CC(C)CN=C(N)NCCCc1ccccc1Cl. The molecule has 4 heteroatoms. The van der Waals surface area contributed by atoms with Crippen molar-refractivity contribution in [2.45, 2.75) is 26.7 Å². The lowest BCUT2D eigenvalue weighted by Crippen LogP contribution is -2.33. The summed E-state index contributed by atoms with van der Waals surface area (Å²) in [7, 11) is 0. The van der Waals surface area contributed by atoms with E-state index >= 15 is 0 Å². The van der Waals surface area contributed by atoms with Gasteiger partial charge in [-0.1, -0.05) is 43.6 Å². The van der Waals surface area contributed by atoms with Gasteiger partial charge < -0.3 is 11.1 Å². The van der Waals surface area contributed by atoms with E-state index in [2.05, 4.69) is 30.2 Å². The van der Waals surface area contributed by atoms with Crippen molar-refractivity contribution < 1.29 is 0 Å². The number of halogens is 1. The fourth-order valence-corrected chi connectivity index (χ4v) is 1.76. The highest BCUT2D eigenvalue weighted by atomic mass is 35.5. The van der Waals surface area contributed by atoms with Gasteiger partial charge in [-0.25, -0.2) is 0 Å². The van der Waals surface area contributed by atoms with Crippen molar-refractivity contribution in [2.24, 2.45) is 16.6 Å². The Morgan fingerprint density at radius 2 is 2.11 bits per heavy atom. The Kier molecular flexibility index (Phi) is 6.58. The summed E-state index contributed by atoms with van der Waals surface area (Å²) in [5.74, 6) is 1.07. The lowest BCUT2D eigenvalue weighted by atomic mass is 10.1. The van der Waals surface area contributed by atoms with Gasteiger partial charge in [0.1, 0.15) is 0 Å². The first-order chi connectivity index (χ1) is 8.59. The molecule has 0 heterocycles. The lowest BCUT2D eigenvalue weighted by Gasteiger charge is -2.07. The Morgan fingerprint density at radius 3 is 2.78 bits per heavy atom. The molecule has 0 unspecified atom stereocenters. The van der Waals surface area contributed by atoms with E-state index in [9.17, 15) is 0 Å². The smallest absolute Gasteiger partial charge is 0.188 e. The van der Waals surface area contributed by atoms with E-state index in [4.69, 9.17) is 17.3 Å². The van der Waals surface area contributed by atoms with Crippen LogP contribution in [0.15, 0.2) is 29.3 Å². The molecule has 0 radical (unpaired) electrons. The molecule has 0 saturated carbocycles. The standard InChI is InChI=1S/C14H22ClN3/c1-11(2)10-18-14(16)17-9-5-7-12-6-3-4-8-13(12)15/h3-4,6,8,11H,5,7,9-10H2,1-2H3,(H3,16,17,18). The highest BCUT2D eigenvalue weighted by Crippen LogP contribution is 2.16. The average molecular weight is 268 g/mol. The number of nitrogens with zero attached hydrogens (tertiary/aromatic N) is 1. The van der Waals surface area contributed by atoms with Crippen molar-refractivity contribution in [3.8, 4) is 0 Å². The molecule has 3 nitrogen and oxygen atoms in total. The molecule has 1 aromatic carbocycles. The highest BCUT2D eigenvalue weighted by molar-refractivity contribution is 6.31. The average Bonchev–Trinajstić information content (AvgIpc) is 2.34. The molecule has 0 spiro atoms. The number of nitrogens with one attached hydrogen (secondary N) is 1. The molecule has 0 aliphatic carbocycles. The normalized spacial score (nSPS) is 11.9. The van der Waals surface area contributed by atoms with Gasteiger partial charge in [0.15, 0.2) is 5.96 Å². The van der Waals surface area contributed by atoms with Gasteiger partial charge in [-0.3, -0.25) is 4.99 Å². The molecule has 0 bridgehead atoms. The summed E-state index contributed by atoms with van der Waals surface area (Å²) in [5.41, 5.74) is 6.92. The summed E-state index contributed by atoms with van der Waals surface area (Å²) in [6, 6.07) is 7.93. The number of hydrogen-bond acceptors (Lipinski definition) is 1. The number of aryl methyl sites for hydroxylation is 1. The third-order valence-electron chi connectivity index (χ3n) is 2.51. The van der Waals surface area contributed by atoms with Crippen LogP contribution in [-0.2, 0) is 6.42 Å². The summed E-state index contributed by atoms with van der Waals surface area (Å²) in [6.45, 7) is 5.82. The Bertz CT molecular complexity index is 388. The topological polar surface area (TPSA) is 50.4 Å². The molecule has 0 aliphatic heterocycles. The van der Waals surface area contributed by atoms with Crippen LogP contribution in [-0.4, -0.2) is 19.0 Å². The highest BCUT2D eigenvalue weighted by Gasteiger charge is 1.99. The summed E-state index contributed by atoms with van der Waals surface area (Å²) in [4.78, 5) is 4.24. The molecule has 1 aromatic rings. The van der Waals surface area contributed by atoms with Gasteiger partial charge in [-0.15, -0.1) is 0 Å². The zero-order valence-corrected chi connectivity index (χ0v) is 11.9. The monoisotopic (exact) mass is 267 g/mol. The second-order valence-electron chi connectivity index (χ2n) is 4.74. The first-order valence-corrected chi connectivity index (χ1v) is 6.74. The summed E-state index contributed by atoms with van der Waals surface area (Å²) in [6.07, 6.45) is 1.94. The Balaban J connectivity index is 2.23. The summed E-state index contributed by atoms with van der Waals surface area (Å²) in [5, 5.41) is 3.94. The minimum absolute atomic E-state index is 0.530. The molecule has 0 amide bonds. The number of hydrogen-bond donors (Lipinski definition) is 2. The molecular formula is C14H22ClN3. The third kappa shape index (κ3) is 5.92. The van der Waals surface area contributed by atoms with Gasteiger partial charge in [0, 0.05) is 18.1 Å². The fraction of sp³-hybridized carbons (Fsp3) is 0.500. The number of benzene rings is 1. The molecule has 1 rings (SSSR count). The van der Waals surface area contributed by atoms with E-state index in [0.29, 0.717) is 11.9 Å². The second kappa shape index (κ2) is 7.98. The van der Waals surface area contributed by atoms with Crippen molar-refractivity contribution in [2.75, 3.05) is 13.1 Å². The van der Waals surface area contributed by atoms with Gasteiger partial charge >= 0.3 is 0 Å². The Morgan fingerprint density at radius 1 is 1.39 bits per heavy atom. The molecule has 18 heavy (non-hydrogen) atoms. The molecule has 0 atom stereocenters. The lowest BCUT2D eigenvalue weighted by molar-refractivity contribution is 0.659. The molecule has 3 N–H and O–H groups in total. The van der Waals surface area contributed by atoms with E-state index in [1.165, 1.54) is 5.56 Å². The maximum atomic E-state index is 6.08. The number of aliphatic imine (C=N–C) groups is 1. The number of nitrogens with two attached hydrogens (primary N) is 1. The molecule has 0 fully saturated rings. The zero-order valence-electron chi connectivity index (χ0n) is 11.1. The zero-order chi connectivity index (χ0) is 13.4. The van der Waals surface area contributed by atoms with Gasteiger partial charge in [-0.05, 0) is 30.4 Å². The number of guanidine groups is 1. The van der Waals surface area contributed by atoms with E-state index in [1.807, 2.05) is 18.2 Å². The van der Waals surface area contributed by atoms with Crippen molar-refractivity contribution in [3.05, 3.63) is 34.9 Å². The summed E-state index contributed by atoms with van der Waals surface area (Å²) < 4.78 is 0. The first-order valence-electron chi connectivity index (χ1n) is 6.36. The van der Waals surface area contributed by atoms with Gasteiger partial charge in [0.25, 0.3) is 0 Å². The first kappa shape index (κ1) is 14.8. The predicted molar refractivity (Wildman–Crippen MR) is 79.1 cm³/mol. The fourth-order valence-electron chi connectivity index (χ4n) is 1.53. The Labute approximate surface area is 114 Å². The van der Waals surface area contributed by atoms with Crippen molar-refractivity contribution >= 4 is 17.6 Å². The van der Waals surface area contributed by atoms with Crippen LogP contribution >= 0.6 is 11.6 Å². The van der Waals surface area contributed by atoms with Crippen LogP contribution in [0.3, 0.4) is 0 Å². The number of rotatable bonds is 6. The molecule has 0 aliphatic rings. The van der Waals surface area contributed by atoms with Crippen molar-refractivity contribution in [1.82, 2.24) is 5.32 Å². The van der Waals surface area contributed by atoms with Crippen LogP contribution in [0.2, 0.25) is 5.02 Å². The maximum absolute atomic E-state index is 6.08. The van der Waals surface area contributed by atoms with E-state index in [0.717, 1.165) is 31.0 Å². The summed E-state index contributed by atoms with van der Waals surface area (Å²) >= 11 is 6.08. The largest absolute Gasteiger partial charge is 0.370 e.